The summed E-state index contributed by atoms with van der Waals surface area (Å²) in [5.41, 5.74) is 5.25. The topological polar surface area (TPSA) is 26.0 Å². The first kappa shape index (κ1) is 20.3. The van der Waals surface area contributed by atoms with Gasteiger partial charge in [-0.3, -0.25) is 0 Å². The SMILES string of the molecule is CC(C)(C)c1cc(-c2nccc3c2oc2c[c]([Ge]([CH3])([CH3])[CH3])ccc23)cc2ccccc12. The number of pyridine rings is 1. The average molecular weight is 468 g/mol. The molecule has 0 atom stereocenters. The van der Waals surface area contributed by atoms with E-state index in [0.717, 1.165) is 27.8 Å². The van der Waals surface area contributed by atoms with Gasteiger partial charge in [-0.05, 0) is 0 Å². The monoisotopic (exact) mass is 469 g/mol. The quantitative estimate of drug-likeness (QED) is 0.249. The Balaban J connectivity index is 1.80. The molecule has 2 aromatic heterocycles. The summed E-state index contributed by atoms with van der Waals surface area (Å²) in [6.45, 7) is 6.81. The number of aromatic nitrogens is 1. The predicted octanol–water partition coefficient (Wildman–Crippen LogP) is 7.64. The molecule has 0 fully saturated rings. The number of fused-ring (bicyclic) bond motifs is 4. The van der Waals surface area contributed by atoms with Gasteiger partial charge in [-0.1, -0.05) is 0 Å². The number of furan rings is 1. The molecule has 0 unspecified atom stereocenters. The van der Waals surface area contributed by atoms with Crippen LogP contribution < -0.4 is 4.40 Å². The van der Waals surface area contributed by atoms with Crippen LogP contribution in [-0.4, -0.2) is 18.3 Å². The molecular formula is C28H29GeNO. The van der Waals surface area contributed by atoms with Crippen LogP contribution in [0.2, 0.25) is 17.3 Å². The van der Waals surface area contributed by atoms with Crippen LogP contribution in [0.5, 0.6) is 0 Å². The molecule has 156 valence electrons. The van der Waals surface area contributed by atoms with Gasteiger partial charge in [0.15, 0.2) is 0 Å². The minimum atomic E-state index is -1.93. The fraction of sp³-hybridized carbons (Fsp3) is 0.250. The zero-order valence-corrected chi connectivity index (χ0v) is 21.3. The molecule has 0 bridgehead atoms. The molecule has 31 heavy (non-hydrogen) atoms. The molecule has 0 saturated heterocycles. The molecule has 5 aromatic rings. The third-order valence-electron chi connectivity index (χ3n) is 6.20. The maximum atomic E-state index is 6.48. The second-order valence-electron chi connectivity index (χ2n) is 10.6. The van der Waals surface area contributed by atoms with Gasteiger partial charge >= 0.3 is 187 Å². The number of nitrogens with zero attached hydrogens (tertiary/aromatic N) is 1. The van der Waals surface area contributed by atoms with E-state index in [2.05, 4.69) is 98.7 Å². The van der Waals surface area contributed by atoms with Crippen molar-refractivity contribution in [2.24, 2.45) is 0 Å². The Morgan fingerprint density at radius 3 is 2.32 bits per heavy atom. The fourth-order valence-corrected chi connectivity index (χ4v) is 6.85. The number of rotatable bonds is 2. The van der Waals surface area contributed by atoms with Crippen molar-refractivity contribution in [2.45, 2.75) is 43.5 Å². The summed E-state index contributed by atoms with van der Waals surface area (Å²) in [6.07, 6.45) is 1.91. The summed E-state index contributed by atoms with van der Waals surface area (Å²) < 4.78 is 7.94. The molecule has 0 aliphatic carbocycles. The summed E-state index contributed by atoms with van der Waals surface area (Å²) in [5.74, 6) is 7.25. The minimum absolute atomic E-state index is 0.0330. The van der Waals surface area contributed by atoms with Crippen LogP contribution in [0.1, 0.15) is 26.3 Å². The summed E-state index contributed by atoms with van der Waals surface area (Å²) in [6, 6.07) is 22.0. The van der Waals surface area contributed by atoms with Crippen LogP contribution in [-0.2, 0) is 5.41 Å². The molecule has 0 amide bonds. The van der Waals surface area contributed by atoms with E-state index in [-0.39, 0.29) is 5.41 Å². The van der Waals surface area contributed by atoms with Gasteiger partial charge in [-0.25, -0.2) is 0 Å². The van der Waals surface area contributed by atoms with Gasteiger partial charge in [0.25, 0.3) is 0 Å². The Morgan fingerprint density at radius 1 is 0.806 bits per heavy atom. The third kappa shape index (κ3) is 3.47. The predicted molar refractivity (Wildman–Crippen MR) is 136 cm³/mol. The number of benzene rings is 3. The summed E-state index contributed by atoms with van der Waals surface area (Å²) in [7, 11) is 0. The van der Waals surface area contributed by atoms with E-state index < -0.39 is 13.3 Å². The van der Waals surface area contributed by atoms with Crippen molar-refractivity contribution in [3.05, 3.63) is 72.4 Å². The molecule has 2 nitrogen and oxygen atoms in total. The van der Waals surface area contributed by atoms with Crippen LogP contribution in [0.15, 0.2) is 71.3 Å². The van der Waals surface area contributed by atoms with Crippen LogP contribution in [0, 0.1) is 0 Å². The normalized spacial score (nSPS) is 12.8. The Hall–Kier alpha value is -2.59. The maximum absolute atomic E-state index is 6.48. The van der Waals surface area contributed by atoms with Crippen molar-refractivity contribution in [3.63, 3.8) is 0 Å². The van der Waals surface area contributed by atoms with Gasteiger partial charge in [0.2, 0.25) is 0 Å². The molecule has 0 N–H and O–H groups in total. The van der Waals surface area contributed by atoms with Crippen LogP contribution in [0.25, 0.3) is 44.0 Å². The molecule has 0 saturated carbocycles. The van der Waals surface area contributed by atoms with E-state index in [4.69, 9.17) is 9.40 Å². The zero-order valence-electron chi connectivity index (χ0n) is 19.2. The van der Waals surface area contributed by atoms with Crippen LogP contribution in [0.4, 0.5) is 0 Å². The Labute approximate surface area is 186 Å². The van der Waals surface area contributed by atoms with Gasteiger partial charge < -0.3 is 0 Å². The Kier molecular flexibility index (Phi) is 4.56. The second-order valence-corrected chi connectivity index (χ2v) is 21.2. The van der Waals surface area contributed by atoms with Crippen molar-refractivity contribution in [2.75, 3.05) is 0 Å². The molecule has 0 radical (unpaired) electrons. The van der Waals surface area contributed by atoms with E-state index in [9.17, 15) is 0 Å². The molecular weight excluding hydrogens is 439 g/mol. The fourth-order valence-electron chi connectivity index (χ4n) is 4.44. The molecule has 0 spiro atoms. The molecule has 3 aromatic carbocycles. The molecule has 0 aliphatic heterocycles. The van der Waals surface area contributed by atoms with E-state index >= 15 is 0 Å². The second kappa shape index (κ2) is 6.96. The van der Waals surface area contributed by atoms with Gasteiger partial charge in [0.1, 0.15) is 0 Å². The first-order valence-corrected chi connectivity index (χ1v) is 18.3. The van der Waals surface area contributed by atoms with Crippen molar-refractivity contribution in [1.82, 2.24) is 4.98 Å². The summed E-state index contributed by atoms with van der Waals surface area (Å²) in [4.78, 5) is 4.79. The molecule has 2 heterocycles. The zero-order chi connectivity index (χ0) is 22.0. The first-order valence-electron chi connectivity index (χ1n) is 11.0. The van der Waals surface area contributed by atoms with Crippen molar-refractivity contribution < 1.29 is 4.42 Å². The van der Waals surface area contributed by atoms with Gasteiger partial charge in [-0.15, -0.1) is 0 Å². The van der Waals surface area contributed by atoms with Gasteiger partial charge in [-0.2, -0.15) is 0 Å². The van der Waals surface area contributed by atoms with Crippen LogP contribution >= 0.6 is 0 Å². The van der Waals surface area contributed by atoms with E-state index in [1.54, 1.807) is 0 Å². The molecule has 3 heteroatoms. The van der Waals surface area contributed by atoms with E-state index in [0.29, 0.717) is 0 Å². The van der Waals surface area contributed by atoms with Crippen LogP contribution in [0.3, 0.4) is 0 Å². The van der Waals surface area contributed by atoms with Gasteiger partial charge in [0, 0.05) is 0 Å². The van der Waals surface area contributed by atoms with E-state index in [1.165, 1.54) is 26.1 Å². The van der Waals surface area contributed by atoms with Gasteiger partial charge in [0.05, 0.1) is 0 Å². The Morgan fingerprint density at radius 2 is 1.58 bits per heavy atom. The number of hydrogen-bond acceptors (Lipinski definition) is 2. The van der Waals surface area contributed by atoms with Crippen molar-refractivity contribution in [3.8, 4) is 11.3 Å². The first-order chi connectivity index (χ1) is 14.6. The third-order valence-corrected chi connectivity index (χ3v) is 10.5. The molecule has 0 aliphatic rings. The van der Waals surface area contributed by atoms with Crippen molar-refractivity contribution >= 4 is 50.4 Å². The molecule has 5 rings (SSSR count). The van der Waals surface area contributed by atoms with E-state index in [1.807, 2.05) is 6.20 Å². The summed E-state index contributed by atoms with van der Waals surface area (Å²) >= 11 is -1.93. The average Bonchev–Trinajstić information content (AvgIpc) is 3.09. The Bertz CT molecular complexity index is 1450. The summed E-state index contributed by atoms with van der Waals surface area (Å²) in [5, 5.41) is 4.85. The van der Waals surface area contributed by atoms with Crippen molar-refractivity contribution in [1.29, 1.82) is 0 Å². The standard InChI is InChI=1S/C28H29GeNO/c1-28(2,3)24-16-19(15-18-9-7-8-10-21(18)24)26-27-23(13-14-30-26)22-12-11-20(29(4,5)6)17-25(22)31-27/h7-17H,1-6H3. The number of hydrogen-bond donors (Lipinski definition) is 0.